The van der Waals surface area contributed by atoms with Gasteiger partial charge in [0.1, 0.15) is 0 Å². The molecule has 0 aliphatic carbocycles. The molecule has 1 heteroatoms. The van der Waals surface area contributed by atoms with Crippen molar-refractivity contribution in [2.24, 2.45) is 0 Å². The zero-order chi connectivity index (χ0) is 55.5. The molecular formula is C83H53N. The number of benzene rings is 15. The maximum absolute atomic E-state index is 5.43. The standard InChI is InChI=1S/C83H53N/c1-7-19-73-66(13-1)49-67-14-2-8-20-74(67)81(73)63-43-33-57(34-44-63)54-25-27-60(28-26-54)72-52-79(61-39-29-55(30-40-61)58-35-45-64(46-36-58)82-75-21-9-3-15-68(75)50-69-16-4-10-22-76(69)82)84-80(53-72)62-41-31-56(32-42-62)59-37-47-65(48-38-59)83-77-23-11-5-17-70(77)51-71-18-6-12-24-78(71)83/h1-53H. The van der Waals surface area contributed by atoms with Crippen LogP contribution in [0.25, 0.3) is 165 Å². The fraction of sp³-hybridized carbons (Fsp3) is 0. The Morgan fingerprint density at radius 3 is 0.548 bits per heavy atom. The number of pyridine rings is 1. The van der Waals surface area contributed by atoms with Gasteiger partial charge in [-0.15, -0.1) is 0 Å². The van der Waals surface area contributed by atoms with Crippen molar-refractivity contribution in [2.75, 3.05) is 0 Å². The van der Waals surface area contributed by atoms with Crippen LogP contribution in [0.3, 0.4) is 0 Å². The molecule has 0 atom stereocenters. The van der Waals surface area contributed by atoms with Gasteiger partial charge in [-0.05, 0) is 173 Å². The molecule has 1 nitrogen and oxygen atoms in total. The van der Waals surface area contributed by atoms with Crippen LogP contribution in [0.15, 0.2) is 322 Å². The summed E-state index contributed by atoms with van der Waals surface area (Å²) >= 11 is 0. The summed E-state index contributed by atoms with van der Waals surface area (Å²) in [5.74, 6) is 0. The second-order valence-corrected chi connectivity index (χ2v) is 22.2. The molecule has 0 radical (unpaired) electrons. The Hall–Kier alpha value is -11.0. The molecule has 0 aliphatic rings. The molecule has 1 heterocycles. The van der Waals surface area contributed by atoms with Crippen molar-refractivity contribution >= 4 is 64.6 Å². The number of hydrogen-bond donors (Lipinski definition) is 0. The molecular weight excluding hydrogens is 1010 g/mol. The van der Waals surface area contributed by atoms with Crippen LogP contribution in [0.4, 0.5) is 0 Å². The van der Waals surface area contributed by atoms with Gasteiger partial charge in [0.15, 0.2) is 0 Å². The van der Waals surface area contributed by atoms with Crippen LogP contribution in [0.1, 0.15) is 0 Å². The first-order valence-electron chi connectivity index (χ1n) is 29.0. The van der Waals surface area contributed by atoms with Crippen molar-refractivity contribution < 1.29 is 0 Å². The van der Waals surface area contributed by atoms with E-state index in [1.807, 2.05) is 0 Å². The van der Waals surface area contributed by atoms with Gasteiger partial charge in [0.25, 0.3) is 0 Å². The highest BCUT2D eigenvalue weighted by Gasteiger charge is 2.16. The molecule has 15 aromatic carbocycles. The molecule has 84 heavy (non-hydrogen) atoms. The Balaban J connectivity index is 0.728. The van der Waals surface area contributed by atoms with E-state index in [2.05, 4.69) is 322 Å². The van der Waals surface area contributed by atoms with Crippen LogP contribution < -0.4 is 0 Å². The average molecular weight is 1060 g/mol. The highest BCUT2D eigenvalue weighted by molar-refractivity contribution is 6.15. The van der Waals surface area contributed by atoms with Gasteiger partial charge in [-0.3, -0.25) is 0 Å². The molecule has 16 aromatic rings. The Morgan fingerprint density at radius 2 is 0.321 bits per heavy atom. The molecule has 1 aromatic heterocycles. The predicted molar refractivity (Wildman–Crippen MR) is 358 cm³/mol. The maximum Gasteiger partial charge on any atom is 0.0715 e. The van der Waals surface area contributed by atoms with Crippen LogP contribution in [0.5, 0.6) is 0 Å². The Kier molecular flexibility index (Phi) is 11.9. The lowest BCUT2D eigenvalue weighted by Crippen LogP contribution is -1.92. The second-order valence-electron chi connectivity index (χ2n) is 22.2. The summed E-state index contributed by atoms with van der Waals surface area (Å²) in [6.07, 6.45) is 0. The SMILES string of the molecule is c1ccc2c(-c3ccc(-c4ccc(-c5cc(-c6ccc(-c7ccc(-c8c9ccccc9cc9ccccc89)cc7)cc6)nc(-c6ccc(-c7ccc(-c8c9ccccc9cc9ccccc89)cc7)cc6)c5)cc4)cc3)c3ccccc3cc2c1. The van der Waals surface area contributed by atoms with Gasteiger partial charge in [0.05, 0.1) is 11.4 Å². The van der Waals surface area contributed by atoms with Crippen LogP contribution in [0.2, 0.25) is 0 Å². The molecule has 390 valence electrons. The minimum absolute atomic E-state index is 0.925. The normalized spacial score (nSPS) is 11.6. The molecule has 0 spiro atoms. The lowest BCUT2D eigenvalue weighted by molar-refractivity contribution is 1.32. The largest absolute Gasteiger partial charge is 0.248 e. The third-order valence-corrected chi connectivity index (χ3v) is 17.2. The number of hydrogen-bond acceptors (Lipinski definition) is 1. The van der Waals surface area contributed by atoms with Gasteiger partial charge in [0, 0.05) is 11.1 Å². The van der Waals surface area contributed by atoms with Crippen LogP contribution in [-0.2, 0) is 0 Å². The number of aromatic nitrogens is 1. The van der Waals surface area contributed by atoms with E-state index in [1.54, 1.807) is 0 Å². The van der Waals surface area contributed by atoms with E-state index in [-0.39, 0.29) is 0 Å². The van der Waals surface area contributed by atoms with Crippen molar-refractivity contribution in [1.82, 2.24) is 4.98 Å². The molecule has 0 unspecified atom stereocenters. The monoisotopic (exact) mass is 1060 g/mol. The predicted octanol–water partition coefficient (Wildman–Crippen LogP) is 23.0. The first-order valence-corrected chi connectivity index (χ1v) is 29.0. The minimum Gasteiger partial charge on any atom is -0.248 e. The summed E-state index contributed by atoms with van der Waals surface area (Å²) in [7, 11) is 0. The molecule has 16 rings (SSSR count). The van der Waals surface area contributed by atoms with E-state index in [4.69, 9.17) is 4.98 Å². The van der Waals surface area contributed by atoms with Crippen molar-refractivity contribution in [3.63, 3.8) is 0 Å². The molecule has 0 bridgehead atoms. The van der Waals surface area contributed by atoms with Gasteiger partial charge < -0.3 is 0 Å². The van der Waals surface area contributed by atoms with E-state index in [1.165, 1.54) is 120 Å². The highest BCUT2D eigenvalue weighted by Crippen LogP contribution is 2.42. The van der Waals surface area contributed by atoms with Gasteiger partial charge in [-0.1, -0.05) is 291 Å². The summed E-state index contributed by atoms with van der Waals surface area (Å²) in [6, 6.07) is 118. The summed E-state index contributed by atoms with van der Waals surface area (Å²) in [5, 5.41) is 15.1. The van der Waals surface area contributed by atoms with Crippen molar-refractivity contribution in [2.45, 2.75) is 0 Å². The molecule has 0 fully saturated rings. The Labute approximate surface area is 488 Å². The lowest BCUT2D eigenvalue weighted by atomic mass is 9.91. The van der Waals surface area contributed by atoms with Crippen molar-refractivity contribution in [1.29, 1.82) is 0 Å². The van der Waals surface area contributed by atoms with Crippen molar-refractivity contribution in [3.8, 4) is 100 Å². The molecule has 0 N–H and O–H groups in total. The van der Waals surface area contributed by atoms with Crippen LogP contribution in [-0.4, -0.2) is 4.98 Å². The van der Waals surface area contributed by atoms with E-state index < -0.39 is 0 Å². The Morgan fingerprint density at radius 1 is 0.143 bits per heavy atom. The topological polar surface area (TPSA) is 12.9 Å². The molecule has 0 amide bonds. The van der Waals surface area contributed by atoms with E-state index in [9.17, 15) is 0 Å². The van der Waals surface area contributed by atoms with Gasteiger partial charge in [-0.25, -0.2) is 4.98 Å². The molecule has 0 saturated heterocycles. The number of rotatable bonds is 9. The second kappa shape index (κ2) is 20.5. The summed E-state index contributed by atoms with van der Waals surface area (Å²) in [4.78, 5) is 5.43. The van der Waals surface area contributed by atoms with Gasteiger partial charge >= 0.3 is 0 Å². The van der Waals surface area contributed by atoms with Crippen molar-refractivity contribution in [3.05, 3.63) is 322 Å². The summed E-state index contributed by atoms with van der Waals surface area (Å²) in [5.41, 5.74) is 20.7. The lowest BCUT2D eigenvalue weighted by Gasteiger charge is -2.14. The minimum atomic E-state index is 0.925. The third kappa shape index (κ3) is 8.79. The highest BCUT2D eigenvalue weighted by atomic mass is 14.7. The number of nitrogens with zero attached hydrogens (tertiary/aromatic N) is 1. The first kappa shape index (κ1) is 48.9. The maximum atomic E-state index is 5.43. The summed E-state index contributed by atoms with van der Waals surface area (Å²) in [6.45, 7) is 0. The zero-order valence-corrected chi connectivity index (χ0v) is 46.0. The first-order chi connectivity index (χ1) is 41.6. The van der Waals surface area contributed by atoms with Crippen LogP contribution >= 0.6 is 0 Å². The van der Waals surface area contributed by atoms with E-state index in [0.717, 1.165) is 44.8 Å². The Bertz CT molecular complexity index is 4480. The van der Waals surface area contributed by atoms with Gasteiger partial charge in [-0.2, -0.15) is 0 Å². The molecule has 0 aliphatic heterocycles. The fourth-order valence-corrected chi connectivity index (χ4v) is 13.0. The third-order valence-electron chi connectivity index (χ3n) is 17.2. The molecule has 0 saturated carbocycles. The van der Waals surface area contributed by atoms with E-state index >= 15 is 0 Å². The zero-order valence-electron chi connectivity index (χ0n) is 46.0. The number of fused-ring (bicyclic) bond motifs is 6. The summed E-state index contributed by atoms with van der Waals surface area (Å²) < 4.78 is 0. The van der Waals surface area contributed by atoms with E-state index in [0.29, 0.717) is 0 Å². The smallest absolute Gasteiger partial charge is 0.0715 e. The quantitative estimate of drug-likeness (QED) is 0.131. The fourth-order valence-electron chi connectivity index (χ4n) is 13.0. The average Bonchev–Trinajstić information content (AvgIpc) is 2.98. The van der Waals surface area contributed by atoms with Gasteiger partial charge in [0.2, 0.25) is 0 Å². The van der Waals surface area contributed by atoms with Crippen LogP contribution in [0, 0.1) is 0 Å².